The molecule has 4 heteroatoms. The SMILES string of the molecule is C[C@@H](NCc1ccc(Br)cn1)c1cccnc1. The molecule has 0 aliphatic rings. The zero-order chi connectivity index (χ0) is 12.1. The van der Waals surface area contributed by atoms with E-state index in [0.717, 1.165) is 16.7 Å². The molecule has 3 nitrogen and oxygen atoms in total. The number of hydrogen-bond donors (Lipinski definition) is 1. The summed E-state index contributed by atoms with van der Waals surface area (Å²) in [5.41, 5.74) is 2.22. The molecule has 1 N–H and O–H groups in total. The Labute approximate surface area is 109 Å². The van der Waals surface area contributed by atoms with Crippen molar-refractivity contribution in [2.75, 3.05) is 0 Å². The zero-order valence-corrected chi connectivity index (χ0v) is 11.2. The van der Waals surface area contributed by atoms with Gasteiger partial charge in [-0.05, 0) is 46.6 Å². The van der Waals surface area contributed by atoms with Gasteiger partial charge in [0.15, 0.2) is 0 Å². The molecule has 0 fully saturated rings. The van der Waals surface area contributed by atoms with Crippen LogP contribution in [0.15, 0.2) is 47.3 Å². The Morgan fingerprint density at radius 2 is 2.18 bits per heavy atom. The Hall–Kier alpha value is -1.26. The van der Waals surface area contributed by atoms with Gasteiger partial charge < -0.3 is 5.32 Å². The molecule has 2 heterocycles. The Morgan fingerprint density at radius 3 is 2.82 bits per heavy atom. The molecule has 88 valence electrons. The van der Waals surface area contributed by atoms with Crippen molar-refractivity contribution in [3.8, 4) is 0 Å². The molecule has 0 aromatic carbocycles. The van der Waals surface area contributed by atoms with E-state index in [2.05, 4.69) is 44.2 Å². The van der Waals surface area contributed by atoms with Crippen LogP contribution in [0.5, 0.6) is 0 Å². The molecule has 0 spiro atoms. The second-order valence-corrected chi connectivity index (χ2v) is 4.77. The van der Waals surface area contributed by atoms with Crippen LogP contribution in [-0.2, 0) is 6.54 Å². The lowest BCUT2D eigenvalue weighted by molar-refractivity contribution is 0.566. The fourth-order valence-electron chi connectivity index (χ4n) is 1.52. The minimum Gasteiger partial charge on any atom is -0.305 e. The summed E-state index contributed by atoms with van der Waals surface area (Å²) in [5, 5.41) is 3.42. The van der Waals surface area contributed by atoms with Crippen LogP contribution in [0, 0.1) is 0 Å². The van der Waals surface area contributed by atoms with Crippen molar-refractivity contribution >= 4 is 15.9 Å². The minimum absolute atomic E-state index is 0.272. The van der Waals surface area contributed by atoms with Crippen molar-refractivity contribution in [1.29, 1.82) is 0 Å². The molecule has 0 aliphatic carbocycles. The standard InChI is InChI=1S/C13H14BrN3/c1-10(11-3-2-6-15-7-11)16-9-13-5-4-12(14)8-17-13/h2-8,10,16H,9H2,1H3/t10-/m1/s1. The van der Waals surface area contributed by atoms with E-state index in [4.69, 9.17) is 0 Å². The minimum atomic E-state index is 0.272. The number of nitrogens with one attached hydrogen (secondary N) is 1. The first-order valence-corrected chi connectivity index (χ1v) is 6.29. The van der Waals surface area contributed by atoms with Crippen molar-refractivity contribution in [2.24, 2.45) is 0 Å². The Kier molecular flexibility index (Phi) is 4.23. The van der Waals surface area contributed by atoms with E-state index in [9.17, 15) is 0 Å². The molecule has 2 aromatic heterocycles. The smallest absolute Gasteiger partial charge is 0.0542 e. The van der Waals surface area contributed by atoms with Crippen molar-refractivity contribution in [3.05, 3.63) is 58.6 Å². The van der Waals surface area contributed by atoms with E-state index in [1.165, 1.54) is 5.56 Å². The van der Waals surface area contributed by atoms with Crippen LogP contribution in [0.4, 0.5) is 0 Å². The molecule has 0 saturated heterocycles. The van der Waals surface area contributed by atoms with Gasteiger partial charge in [-0.25, -0.2) is 0 Å². The van der Waals surface area contributed by atoms with Crippen molar-refractivity contribution in [1.82, 2.24) is 15.3 Å². The summed E-state index contributed by atoms with van der Waals surface area (Å²) in [7, 11) is 0. The molecular formula is C13H14BrN3. The van der Waals surface area contributed by atoms with Crippen LogP contribution in [0.2, 0.25) is 0 Å². The monoisotopic (exact) mass is 291 g/mol. The van der Waals surface area contributed by atoms with Crippen LogP contribution < -0.4 is 5.32 Å². The molecule has 0 amide bonds. The predicted molar refractivity (Wildman–Crippen MR) is 71.4 cm³/mol. The molecule has 1 atom stereocenters. The Morgan fingerprint density at radius 1 is 1.29 bits per heavy atom. The van der Waals surface area contributed by atoms with E-state index in [1.807, 2.05) is 30.6 Å². The van der Waals surface area contributed by atoms with Gasteiger partial charge in [0.25, 0.3) is 0 Å². The summed E-state index contributed by atoms with van der Waals surface area (Å²) in [6, 6.07) is 8.30. The number of nitrogens with zero attached hydrogens (tertiary/aromatic N) is 2. The van der Waals surface area contributed by atoms with Crippen LogP contribution in [0.25, 0.3) is 0 Å². The van der Waals surface area contributed by atoms with Gasteiger partial charge in [0.1, 0.15) is 0 Å². The van der Waals surface area contributed by atoms with Crippen molar-refractivity contribution in [2.45, 2.75) is 19.5 Å². The maximum absolute atomic E-state index is 4.32. The summed E-state index contributed by atoms with van der Waals surface area (Å²) in [6.45, 7) is 2.87. The first-order valence-electron chi connectivity index (χ1n) is 5.49. The molecule has 0 radical (unpaired) electrons. The third kappa shape index (κ3) is 3.61. The fraction of sp³-hybridized carbons (Fsp3) is 0.231. The lowest BCUT2D eigenvalue weighted by atomic mass is 10.1. The number of aromatic nitrogens is 2. The average molecular weight is 292 g/mol. The molecule has 0 unspecified atom stereocenters. The van der Waals surface area contributed by atoms with Crippen LogP contribution in [-0.4, -0.2) is 9.97 Å². The Balaban J connectivity index is 1.92. The van der Waals surface area contributed by atoms with E-state index in [-0.39, 0.29) is 6.04 Å². The zero-order valence-electron chi connectivity index (χ0n) is 9.60. The lowest BCUT2D eigenvalue weighted by Crippen LogP contribution is -2.18. The topological polar surface area (TPSA) is 37.8 Å². The highest BCUT2D eigenvalue weighted by atomic mass is 79.9. The van der Waals surface area contributed by atoms with Gasteiger partial charge in [0, 0.05) is 35.6 Å². The van der Waals surface area contributed by atoms with Crippen molar-refractivity contribution < 1.29 is 0 Å². The van der Waals surface area contributed by atoms with E-state index in [0.29, 0.717) is 0 Å². The predicted octanol–water partition coefficient (Wildman–Crippen LogP) is 3.09. The van der Waals surface area contributed by atoms with E-state index < -0.39 is 0 Å². The molecule has 2 aromatic rings. The van der Waals surface area contributed by atoms with Gasteiger partial charge in [0.05, 0.1) is 5.69 Å². The highest BCUT2D eigenvalue weighted by Crippen LogP contribution is 2.11. The van der Waals surface area contributed by atoms with Crippen LogP contribution in [0.3, 0.4) is 0 Å². The summed E-state index contributed by atoms with van der Waals surface area (Å²) in [6.07, 6.45) is 5.48. The number of hydrogen-bond acceptors (Lipinski definition) is 3. The highest BCUT2D eigenvalue weighted by Gasteiger charge is 2.04. The van der Waals surface area contributed by atoms with Crippen LogP contribution >= 0.6 is 15.9 Å². The van der Waals surface area contributed by atoms with Crippen LogP contribution in [0.1, 0.15) is 24.2 Å². The second-order valence-electron chi connectivity index (χ2n) is 3.86. The number of halogens is 1. The molecule has 17 heavy (non-hydrogen) atoms. The largest absolute Gasteiger partial charge is 0.305 e. The normalized spacial score (nSPS) is 12.4. The summed E-state index contributed by atoms with van der Waals surface area (Å²) >= 11 is 3.37. The molecular weight excluding hydrogens is 278 g/mol. The van der Waals surface area contributed by atoms with Gasteiger partial charge in [-0.3, -0.25) is 9.97 Å². The van der Waals surface area contributed by atoms with Gasteiger partial charge in [0.2, 0.25) is 0 Å². The van der Waals surface area contributed by atoms with Gasteiger partial charge >= 0.3 is 0 Å². The third-order valence-corrected chi connectivity index (χ3v) is 3.03. The highest BCUT2D eigenvalue weighted by molar-refractivity contribution is 9.10. The average Bonchev–Trinajstić information content (AvgIpc) is 2.39. The summed E-state index contributed by atoms with van der Waals surface area (Å²) in [4.78, 5) is 8.43. The lowest BCUT2D eigenvalue weighted by Gasteiger charge is -2.13. The van der Waals surface area contributed by atoms with Gasteiger partial charge in [-0.15, -0.1) is 0 Å². The molecule has 2 rings (SSSR count). The first kappa shape index (κ1) is 12.2. The van der Waals surface area contributed by atoms with Crippen molar-refractivity contribution in [3.63, 3.8) is 0 Å². The maximum Gasteiger partial charge on any atom is 0.0542 e. The van der Waals surface area contributed by atoms with E-state index >= 15 is 0 Å². The third-order valence-electron chi connectivity index (χ3n) is 2.56. The summed E-state index contributed by atoms with van der Waals surface area (Å²) < 4.78 is 1.00. The van der Waals surface area contributed by atoms with E-state index in [1.54, 1.807) is 6.20 Å². The van der Waals surface area contributed by atoms with Gasteiger partial charge in [-0.1, -0.05) is 6.07 Å². The molecule has 0 aliphatic heterocycles. The first-order chi connectivity index (χ1) is 8.25. The second kappa shape index (κ2) is 5.89. The molecule has 0 saturated carbocycles. The number of rotatable bonds is 4. The fourth-order valence-corrected chi connectivity index (χ4v) is 1.75. The van der Waals surface area contributed by atoms with Gasteiger partial charge in [-0.2, -0.15) is 0 Å². The number of pyridine rings is 2. The quantitative estimate of drug-likeness (QED) is 0.941. The molecule has 0 bridgehead atoms. The Bertz CT molecular complexity index is 456. The summed E-state index contributed by atoms with van der Waals surface area (Å²) in [5.74, 6) is 0. The maximum atomic E-state index is 4.32.